The Morgan fingerprint density at radius 3 is 2.28 bits per heavy atom. The number of sulfonamides is 1. The van der Waals surface area contributed by atoms with Crippen molar-refractivity contribution in [2.45, 2.75) is 11.1 Å². The van der Waals surface area contributed by atoms with Crippen molar-refractivity contribution in [3.8, 4) is 0 Å². The summed E-state index contributed by atoms with van der Waals surface area (Å²) in [5.74, 6) is -2.09. The van der Waals surface area contributed by atoms with Crippen LogP contribution in [0.5, 0.6) is 0 Å². The molecule has 2 aromatic carbocycles. The largest absolute Gasteiger partial charge is 0.402 e. The Balaban J connectivity index is 2.20. The van der Waals surface area contributed by atoms with Crippen LogP contribution in [-0.2, 0) is 10.0 Å². The second-order valence-electron chi connectivity index (χ2n) is 5.56. The monoisotopic (exact) mass is 436 g/mol. The second-order valence-corrected chi connectivity index (χ2v) is 7.33. The van der Waals surface area contributed by atoms with Crippen LogP contribution in [0.1, 0.15) is 10.4 Å². The van der Waals surface area contributed by atoms with Gasteiger partial charge in [0.1, 0.15) is 18.0 Å². The van der Waals surface area contributed by atoms with Gasteiger partial charge in [-0.05, 0) is 30.3 Å². The molecule has 0 bridgehead atoms. The number of benzene rings is 2. The van der Waals surface area contributed by atoms with E-state index in [-0.39, 0.29) is 5.69 Å². The molecule has 14 heteroatoms. The fourth-order valence-corrected chi connectivity index (χ4v) is 3.13. The van der Waals surface area contributed by atoms with Crippen LogP contribution < -0.4 is 15.8 Å². The predicted molar refractivity (Wildman–Crippen MR) is 93.1 cm³/mol. The number of halogens is 4. The van der Waals surface area contributed by atoms with E-state index >= 15 is 0 Å². The van der Waals surface area contributed by atoms with Crippen molar-refractivity contribution in [3.63, 3.8) is 0 Å². The van der Waals surface area contributed by atoms with Gasteiger partial charge in [0, 0.05) is 5.69 Å². The van der Waals surface area contributed by atoms with Gasteiger partial charge < -0.3 is 11.1 Å². The number of carbonyl (C=O) groups excluding carboxylic acids is 1. The van der Waals surface area contributed by atoms with Gasteiger partial charge in [-0.2, -0.15) is 13.2 Å². The molecule has 2 aromatic rings. The lowest BCUT2D eigenvalue weighted by molar-refractivity contribution is -0.384. The maximum Gasteiger partial charge on any atom is 0.402 e. The zero-order valence-corrected chi connectivity index (χ0v) is 15.0. The molecule has 0 heterocycles. The first-order valence-corrected chi connectivity index (χ1v) is 9.00. The van der Waals surface area contributed by atoms with E-state index in [1.165, 1.54) is 4.72 Å². The fourth-order valence-electron chi connectivity index (χ4n) is 2.12. The molecule has 0 unspecified atom stereocenters. The Labute approximate surface area is 160 Å². The molecule has 0 saturated carbocycles. The van der Waals surface area contributed by atoms with Gasteiger partial charge in [-0.3, -0.25) is 14.9 Å². The Morgan fingerprint density at radius 2 is 1.76 bits per heavy atom. The summed E-state index contributed by atoms with van der Waals surface area (Å²) in [6, 6.07) is 5.18. The number of hydrogen-bond acceptors (Lipinski definition) is 6. The average Bonchev–Trinajstić information content (AvgIpc) is 2.61. The molecule has 9 nitrogen and oxygen atoms in total. The molecule has 29 heavy (non-hydrogen) atoms. The molecule has 0 saturated heterocycles. The second kappa shape index (κ2) is 8.00. The molecule has 4 N–H and O–H groups in total. The number of hydrogen-bond donors (Lipinski definition) is 3. The molecule has 0 aliphatic carbocycles. The number of nitrogens with one attached hydrogen (secondary N) is 2. The fraction of sp³-hybridized carbons (Fsp3) is 0.133. The van der Waals surface area contributed by atoms with Crippen LogP contribution in [0.2, 0.25) is 0 Å². The van der Waals surface area contributed by atoms with Crippen LogP contribution in [0.4, 0.5) is 34.6 Å². The van der Waals surface area contributed by atoms with Crippen LogP contribution in [-0.4, -0.2) is 32.0 Å². The van der Waals surface area contributed by atoms with Gasteiger partial charge in [-0.1, -0.05) is 0 Å². The number of nitro benzene ring substituents is 1. The highest BCUT2D eigenvalue weighted by Gasteiger charge is 2.30. The first-order chi connectivity index (χ1) is 13.3. The van der Waals surface area contributed by atoms with Gasteiger partial charge in [0.15, 0.2) is 0 Å². The number of anilines is 2. The zero-order valence-electron chi connectivity index (χ0n) is 14.2. The number of nitrogens with two attached hydrogens (primary N) is 1. The van der Waals surface area contributed by atoms with Crippen molar-refractivity contribution in [2.75, 3.05) is 17.6 Å². The summed E-state index contributed by atoms with van der Waals surface area (Å²) in [6.07, 6.45) is -4.74. The van der Waals surface area contributed by atoms with E-state index < -0.39 is 61.2 Å². The predicted octanol–water partition coefficient (Wildman–Crippen LogP) is 2.41. The molecule has 0 radical (unpaired) electrons. The highest BCUT2D eigenvalue weighted by atomic mass is 32.2. The number of alkyl halides is 3. The third-order valence-corrected chi connectivity index (χ3v) is 4.87. The number of amides is 1. The number of carbonyl (C=O) groups is 1. The van der Waals surface area contributed by atoms with Crippen molar-refractivity contribution in [1.29, 1.82) is 0 Å². The zero-order chi connectivity index (χ0) is 22.0. The van der Waals surface area contributed by atoms with E-state index in [9.17, 15) is 40.9 Å². The summed E-state index contributed by atoms with van der Waals surface area (Å²) in [5, 5.41) is 13.1. The lowest BCUT2D eigenvalue weighted by Gasteiger charge is -2.11. The van der Waals surface area contributed by atoms with Crippen molar-refractivity contribution in [2.24, 2.45) is 0 Å². The van der Waals surface area contributed by atoms with Gasteiger partial charge >= 0.3 is 6.18 Å². The molecule has 156 valence electrons. The smallest absolute Gasteiger partial charge is 0.393 e. The minimum atomic E-state index is -4.74. The van der Waals surface area contributed by atoms with Gasteiger partial charge in [-0.25, -0.2) is 17.5 Å². The topological polar surface area (TPSA) is 144 Å². The van der Waals surface area contributed by atoms with E-state index in [1.807, 2.05) is 0 Å². The average molecular weight is 436 g/mol. The maximum absolute atomic E-state index is 13.5. The summed E-state index contributed by atoms with van der Waals surface area (Å²) in [5.41, 5.74) is 3.57. The lowest BCUT2D eigenvalue weighted by Crippen LogP contribution is -2.33. The molecule has 0 aliphatic heterocycles. The number of rotatable bonds is 6. The molecular weight excluding hydrogens is 424 g/mol. The molecule has 2 rings (SSSR count). The van der Waals surface area contributed by atoms with E-state index in [0.717, 1.165) is 24.3 Å². The molecule has 0 aliphatic rings. The number of nitrogen functional groups attached to an aromatic ring is 1. The normalized spacial score (nSPS) is 11.9. The standard InChI is InChI=1S/C15H12F4N4O5S/c16-8-5-11(13(20)12(6-8)23(25)26)14(24)22-9-1-3-10(4-2-9)29(27,28)21-7-15(17,18)19/h1-6,21H,7,20H2,(H,22,24). The number of nitro groups is 1. The lowest BCUT2D eigenvalue weighted by atomic mass is 10.1. The van der Waals surface area contributed by atoms with Crippen LogP contribution in [0.25, 0.3) is 0 Å². The van der Waals surface area contributed by atoms with E-state index in [2.05, 4.69) is 5.32 Å². The van der Waals surface area contributed by atoms with Crippen LogP contribution in [0.15, 0.2) is 41.3 Å². The van der Waals surface area contributed by atoms with Crippen molar-refractivity contribution in [3.05, 3.63) is 57.9 Å². The Hall–Kier alpha value is -3.26. The van der Waals surface area contributed by atoms with Crippen molar-refractivity contribution >= 4 is 33.0 Å². The molecule has 0 aromatic heterocycles. The van der Waals surface area contributed by atoms with E-state index in [4.69, 9.17) is 5.73 Å². The molecule has 0 atom stereocenters. The summed E-state index contributed by atoms with van der Waals surface area (Å²) in [4.78, 5) is 21.6. The molecule has 1 amide bonds. The SMILES string of the molecule is Nc1c(C(=O)Nc2ccc(S(=O)(=O)NCC(F)(F)F)cc2)cc(F)cc1[N+](=O)[O-]. The summed E-state index contributed by atoms with van der Waals surface area (Å²) in [7, 11) is -4.45. The van der Waals surface area contributed by atoms with Gasteiger partial charge in [-0.15, -0.1) is 0 Å². The highest BCUT2D eigenvalue weighted by molar-refractivity contribution is 7.89. The van der Waals surface area contributed by atoms with Crippen LogP contribution in [0.3, 0.4) is 0 Å². The molecule has 0 spiro atoms. The van der Waals surface area contributed by atoms with Gasteiger partial charge in [0.05, 0.1) is 21.4 Å². The maximum atomic E-state index is 13.5. The quantitative estimate of drug-likeness (QED) is 0.275. The third-order valence-electron chi connectivity index (χ3n) is 3.45. The number of nitrogens with zero attached hydrogens (tertiary/aromatic N) is 1. The van der Waals surface area contributed by atoms with Crippen molar-refractivity contribution in [1.82, 2.24) is 4.72 Å². The minimum absolute atomic E-state index is 0.0175. The third kappa shape index (κ3) is 5.61. The minimum Gasteiger partial charge on any atom is -0.393 e. The van der Waals surface area contributed by atoms with Crippen LogP contribution >= 0.6 is 0 Å². The Kier molecular flexibility index (Phi) is 6.08. The van der Waals surface area contributed by atoms with Crippen LogP contribution in [0, 0.1) is 15.9 Å². The van der Waals surface area contributed by atoms with Gasteiger partial charge in [0.25, 0.3) is 11.6 Å². The summed E-state index contributed by atoms with van der Waals surface area (Å²) in [6.45, 7) is -1.76. The van der Waals surface area contributed by atoms with E-state index in [1.54, 1.807) is 0 Å². The van der Waals surface area contributed by atoms with Crippen molar-refractivity contribution < 1.29 is 35.7 Å². The highest BCUT2D eigenvalue weighted by Crippen LogP contribution is 2.27. The first-order valence-electron chi connectivity index (χ1n) is 7.51. The molecule has 0 fully saturated rings. The summed E-state index contributed by atoms with van der Waals surface area (Å²) >= 11 is 0. The van der Waals surface area contributed by atoms with E-state index in [0.29, 0.717) is 12.1 Å². The first kappa shape index (κ1) is 22.0. The Morgan fingerprint density at radius 1 is 1.17 bits per heavy atom. The Bertz CT molecular complexity index is 1060. The molecular formula is C15H12F4N4O5S. The van der Waals surface area contributed by atoms with Gasteiger partial charge in [0.2, 0.25) is 10.0 Å². The summed E-state index contributed by atoms with van der Waals surface area (Å²) < 4.78 is 74.9.